The first-order chi connectivity index (χ1) is 18.0. The Morgan fingerprint density at radius 3 is 2.38 bits per heavy atom. The van der Waals surface area contributed by atoms with E-state index in [2.05, 4.69) is 5.32 Å². The smallest absolute Gasteiger partial charge is 0.318 e. The number of amides is 2. The van der Waals surface area contributed by atoms with Crippen LogP contribution in [0, 0.1) is 6.92 Å². The Morgan fingerprint density at radius 2 is 1.65 bits per heavy atom. The van der Waals surface area contributed by atoms with E-state index < -0.39 is 6.04 Å². The maximum atomic E-state index is 13.8. The minimum Gasteiger partial charge on any atom is -0.335 e. The van der Waals surface area contributed by atoms with Gasteiger partial charge in [-0.2, -0.15) is 0 Å². The standard InChI is InChI=1S/C31H34N4O2/c1-22-17-19-26(20-18-22)35-29(33-28-16-10-9-15-27(28)30(35)36)23(2)34(21-24-11-5-3-6-12-24)31(37)32-25-13-7-4-8-14-25/h3,5-6,9-12,15-20,23,25H,4,7-8,13-14,21H2,1-2H3,(H,32,37). The number of fused-ring (bicyclic) bond motifs is 1. The van der Waals surface area contributed by atoms with Gasteiger partial charge in [0.25, 0.3) is 5.56 Å². The normalized spacial score (nSPS) is 14.9. The van der Waals surface area contributed by atoms with E-state index in [1.807, 2.05) is 91.5 Å². The summed E-state index contributed by atoms with van der Waals surface area (Å²) < 4.78 is 1.67. The summed E-state index contributed by atoms with van der Waals surface area (Å²) in [5, 5.41) is 3.84. The van der Waals surface area contributed by atoms with E-state index in [0.717, 1.165) is 42.5 Å². The molecule has 37 heavy (non-hydrogen) atoms. The largest absolute Gasteiger partial charge is 0.335 e. The highest BCUT2D eigenvalue weighted by Crippen LogP contribution is 2.26. The predicted octanol–water partition coefficient (Wildman–Crippen LogP) is 6.30. The lowest BCUT2D eigenvalue weighted by molar-refractivity contribution is 0.165. The Labute approximate surface area is 218 Å². The topological polar surface area (TPSA) is 67.2 Å². The number of aryl methyl sites for hydroxylation is 1. The van der Waals surface area contributed by atoms with Crippen molar-refractivity contribution in [2.24, 2.45) is 0 Å². The van der Waals surface area contributed by atoms with Crippen LogP contribution in [0.1, 0.15) is 62.0 Å². The second kappa shape index (κ2) is 11.0. The highest BCUT2D eigenvalue weighted by Gasteiger charge is 2.29. The Hall–Kier alpha value is -3.93. The second-order valence-electron chi connectivity index (χ2n) is 10.0. The lowest BCUT2D eigenvalue weighted by Crippen LogP contribution is -2.47. The first-order valence-electron chi connectivity index (χ1n) is 13.2. The van der Waals surface area contributed by atoms with Gasteiger partial charge >= 0.3 is 6.03 Å². The van der Waals surface area contributed by atoms with Gasteiger partial charge in [0.05, 0.1) is 22.6 Å². The monoisotopic (exact) mass is 494 g/mol. The van der Waals surface area contributed by atoms with Gasteiger partial charge < -0.3 is 10.2 Å². The molecule has 1 saturated carbocycles. The molecule has 5 rings (SSSR count). The number of hydrogen-bond acceptors (Lipinski definition) is 3. The van der Waals surface area contributed by atoms with Crippen molar-refractivity contribution in [3.63, 3.8) is 0 Å². The van der Waals surface area contributed by atoms with Gasteiger partial charge in [-0.3, -0.25) is 9.36 Å². The Balaban J connectivity index is 1.60. The molecule has 6 nitrogen and oxygen atoms in total. The molecule has 0 bridgehead atoms. The maximum Gasteiger partial charge on any atom is 0.318 e. The average Bonchev–Trinajstić information content (AvgIpc) is 2.93. The van der Waals surface area contributed by atoms with Gasteiger partial charge in [0.2, 0.25) is 0 Å². The summed E-state index contributed by atoms with van der Waals surface area (Å²) in [7, 11) is 0. The maximum absolute atomic E-state index is 13.8. The first-order valence-corrected chi connectivity index (χ1v) is 13.2. The van der Waals surface area contributed by atoms with Crippen LogP contribution < -0.4 is 10.9 Å². The third kappa shape index (κ3) is 5.43. The Kier molecular flexibility index (Phi) is 7.35. The van der Waals surface area contributed by atoms with Crippen molar-refractivity contribution in [1.29, 1.82) is 0 Å². The molecule has 0 saturated heterocycles. The van der Waals surface area contributed by atoms with Gasteiger partial charge in [-0.1, -0.05) is 79.4 Å². The molecule has 1 atom stereocenters. The van der Waals surface area contributed by atoms with Gasteiger partial charge in [0.1, 0.15) is 5.82 Å². The molecule has 190 valence electrons. The summed E-state index contributed by atoms with van der Waals surface area (Å²) in [4.78, 5) is 34.4. The number of carbonyl (C=O) groups excluding carboxylic acids is 1. The van der Waals surface area contributed by atoms with Gasteiger partial charge in [-0.05, 0) is 56.5 Å². The molecule has 2 amide bonds. The van der Waals surface area contributed by atoms with Crippen molar-refractivity contribution >= 4 is 16.9 Å². The van der Waals surface area contributed by atoms with Crippen LogP contribution >= 0.6 is 0 Å². The molecule has 0 radical (unpaired) electrons. The number of rotatable bonds is 6. The van der Waals surface area contributed by atoms with Crippen molar-refractivity contribution < 1.29 is 4.79 Å². The van der Waals surface area contributed by atoms with Crippen LogP contribution in [-0.2, 0) is 6.54 Å². The van der Waals surface area contributed by atoms with E-state index in [4.69, 9.17) is 4.98 Å². The van der Waals surface area contributed by atoms with Crippen molar-refractivity contribution in [2.75, 3.05) is 0 Å². The van der Waals surface area contributed by atoms with Crippen LogP contribution in [0.3, 0.4) is 0 Å². The zero-order valence-electron chi connectivity index (χ0n) is 21.6. The molecular formula is C31H34N4O2. The van der Waals surface area contributed by atoms with E-state index in [0.29, 0.717) is 23.3 Å². The Bertz CT molecular complexity index is 1420. The summed E-state index contributed by atoms with van der Waals surface area (Å²) in [6, 6.07) is 24.8. The summed E-state index contributed by atoms with van der Waals surface area (Å²) in [6.07, 6.45) is 5.50. The van der Waals surface area contributed by atoms with Crippen LogP contribution in [0.2, 0.25) is 0 Å². The fraction of sp³-hybridized carbons (Fsp3) is 0.323. The molecule has 3 aromatic carbocycles. The predicted molar refractivity (Wildman–Crippen MR) is 148 cm³/mol. The van der Waals surface area contributed by atoms with Gasteiger partial charge in [0.15, 0.2) is 0 Å². The van der Waals surface area contributed by atoms with Crippen LogP contribution in [0.5, 0.6) is 0 Å². The fourth-order valence-corrected chi connectivity index (χ4v) is 5.18. The van der Waals surface area contributed by atoms with Crippen molar-refractivity contribution in [2.45, 2.75) is 64.6 Å². The third-order valence-corrected chi connectivity index (χ3v) is 7.32. The average molecular weight is 495 g/mol. The van der Waals surface area contributed by atoms with E-state index in [9.17, 15) is 9.59 Å². The molecule has 1 aliphatic carbocycles. The highest BCUT2D eigenvalue weighted by atomic mass is 16.2. The summed E-state index contributed by atoms with van der Waals surface area (Å²) in [6.45, 7) is 4.40. The minimum absolute atomic E-state index is 0.124. The van der Waals surface area contributed by atoms with Crippen LogP contribution in [-0.4, -0.2) is 26.5 Å². The molecule has 1 aliphatic rings. The minimum atomic E-state index is -0.456. The number of aromatic nitrogens is 2. The number of carbonyl (C=O) groups is 1. The van der Waals surface area contributed by atoms with E-state index in [1.54, 1.807) is 10.6 Å². The molecule has 0 spiro atoms. The second-order valence-corrected chi connectivity index (χ2v) is 10.0. The van der Waals surface area contributed by atoms with E-state index in [1.165, 1.54) is 6.42 Å². The fourth-order valence-electron chi connectivity index (χ4n) is 5.18. The third-order valence-electron chi connectivity index (χ3n) is 7.32. The lowest BCUT2D eigenvalue weighted by atomic mass is 9.96. The van der Waals surface area contributed by atoms with Crippen molar-refractivity contribution in [1.82, 2.24) is 19.8 Å². The number of benzene rings is 3. The number of nitrogens with zero attached hydrogens (tertiary/aromatic N) is 3. The van der Waals surface area contributed by atoms with Crippen LogP contribution in [0.25, 0.3) is 16.6 Å². The molecule has 0 aliphatic heterocycles. The molecular weight excluding hydrogens is 460 g/mol. The van der Waals surface area contributed by atoms with Crippen LogP contribution in [0.4, 0.5) is 4.79 Å². The molecule has 1 heterocycles. The molecule has 4 aromatic rings. The summed E-state index contributed by atoms with van der Waals surface area (Å²) >= 11 is 0. The molecule has 1 unspecified atom stereocenters. The SMILES string of the molecule is Cc1ccc(-n2c(C(C)N(Cc3ccccc3)C(=O)NC3CCCCC3)nc3ccccc3c2=O)cc1. The van der Waals surface area contributed by atoms with Crippen molar-refractivity contribution in [3.8, 4) is 5.69 Å². The lowest BCUT2D eigenvalue weighted by Gasteiger charge is -2.33. The van der Waals surface area contributed by atoms with Crippen LogP contribution in [0.15, 0.2) is 83.7 Å². The number of hydrogen-bond donors (Lipinski definition) is 1. The van der Waals surface area contributed by atoms with Gasteiger partial charge in [-0.25, -0.2) is 9.78 Å². The molecule has 1 fully saturated rings. The van der Waals surface area contributed by atoms with Gasteiger partial charge in [-0.15, -0.1) is 0 Å². The zero-order valence-corrected chi connectivity index (χ0v) is 21.6. The van der Waals surface area contributed by atoms with E-state index in [-0.39, 0.29) is 17.6 Å². The molecule has 1 N–H and O–H groups in total. The zero-order chi connectivity index (χ0) is 25.8. The number of nitrogens with one attached hydrogen (secondary N) is 1. The van der Waals surface area contributed by atoms with Gasteiger partial charge in [0, 0.05) is 12.6 Å². The Morgan fingerprint density at radius 1 is 0.973 bits per heavy atom. The molecule has 6 heteroatoms. The quantitative estimate of drug-likeness (QED) is 0.342. The van der Waals surface area contributed by atoms with Crippen molar-refractivity contribution in [3.05, 3.63) is 106 Å². The number of urea groups is 1. The molecule has 1 aromatic heterocycles. The highest BCUT2D eigenvalue weighted by molar-refractivity contribution is 5.78. The van der Waals surface area contributed by atoms with E-state index >= 15 is 0 Å². The first kappa shape index (κ1) is 24.8. The summed E-state index contributed by atoms with van der Waals surface area (Å²) in [5.74, 6) is 0.544. The summed E-state index contributed by atoms with van der Waals surface area (Å²) in [5.41, 5.74) is 3.37. The number of para-hydroxylation sites is 1.